The molecule has 7 heteroatoms. The smallest absolute Gasteiger partial charge is 0.237 e. The van der Waals surface area contributed by atoms with Crippen molar-refractivity contribution in [3.8, 4) is 0 Å². The van der Waals surface area contributed by atoms with Crippen LogP contribution >= 0.6 is 0 Å². The zero-order valence-corrected chi connectivity index (χ0v) is 10.0. The van der Waals surface area contributed by atoms with Crippen LogP contribution in [-0.2, 0) is 0 Å². The number of nitrogens with zero attached hydrogens (tertiary/aromatic N) is 3. The lowest BCUT2D eigenvalue weighted by molar-refractivity contribution is -0.616. The molecule has 5 saturated carbocycles. The van der Waals surface area contributed by atoms with Crippen LogP contribution in [0.4, 0.5) is 0 Å². The molecule has 2 N–H and O–H groups in total. The van der Waals surface area contributed by atoms with Gasteiger partial charge in [0.2, 0.25) is 5.54 Å². The summed E-state index contributed by atoms with van der Waals surface area (Å²) in [5.74, 6) is 0.216. The van der Waals surface area contributed by atoms with Crippen LogP contribution in [0.3, 0.4) is 0 Å². The number of rotatable bonds is 1. The molecule has 0 radical (unpaired) electrons. The van der Waals surface area contributed by atoms with Gasteiger partial charge in [-0.05, 0) is 18.8 Å². The van der Waals surface area contributed by atoms with Crippen molar-refractivity contribution in [2.75, 3.05) is 0 Å². The zero-order chi connectivity index (χ0) is 13.1. The highest BCUT2D eigenvalue weighted by Crippen LogP contribution is 2.80. The van der Waals surface area contributed by atoms with Gasteiger partial charge in [0.25, 0.3) is 0 Å². The molecule has 0 spiro atoms. The summed E-state index contributed by atoms with van der Waals surface area (Å²) in [6, 6.07) is 0. The van der Waals surface area contributed by atoms with Crippen molar-refractivity contribution in [1.29, 1.82) is 0 Å². The van der Waals surface area contributed by atoms with Gasteiger partial charge in [-0.1, -0.05) is 10.3 Å². The van der Waals surface area contributed by atoms with Crippen molar-refractivity contribution in [1.82, 2.24) is 0 Å². The molecule has 0 bridgehead atoms. The molecule has 5 rings (SSSR count). The van der Waals surface area contributed by atoms with Gasteiger partial charge in [0.05, 0.1) is 17.3 Å². The third kappa shape index (κ3) is 0.679. The first-order valence-electron chi connectivity index (χ1n) is 6.76. The predicted octanol–water partition coefficient (Wildman–Crippen LogP) is 0.824. The third-order valence-electron chi connectivity index (χ3n) is 6.83. The Balaban J connectivity index is 1.80. The lowest BCUT2D eigenvalue weighted by Gasteiger charge is -2.47. The van der Waals surface area contributed by atoms with Crippen molar-refractivity contribution in [3.05, 3.63) is 10.1 Å². The standard InChI is InChI=1S/C12H13N3O4/c16-13-10-3-1-4-8-7(3)9-5(10)2-6(11(4)14-17)12(8,9)15(18)19/h3-9,16-17H,1-2H2/b13-10?,14-11+/t3-,4+,5+,6-,7-,8-,9+,12-/m1/s1. The molecule has 5 aliphatic rings. The fourth-order valence-corrected chi connectivity index (χ4v) is 6.74. The van der Waals surface area contributed by atoms with Crippen molar-refractivity contribution in [2.24, 2.45) is 51.7 Å². The first-order valence-corrected chi connectivity index (χ1v) is 6.76. The molecule has 0 unspecified atom stereocenters. The van der Waals surface area contributed by atoms with Gasteiger partial charge in [0, 0.05) is 34.5 Å². The van der Waals surface area contributed by atoms with Crippen LogP contribution in [0.25, 0.3) is 0 Å². The van der Waals surface area contributed by atoms with Gasteiger partial charge in [-0.25, -0.2) is 0 Å². The molecular weight excluding hydrogens is 250 g/mol. The summed E-state index contributed by atoms with van der Waals surface area (Å²) in [5, 5.41) is 37.2. The van der Waals surface area contributed by atoms with Crippen LogP contribution in [0.5, 0.6) is 0 Å². The van der Waals surface area contributed by atoms with E-state index in [1.165, 1.54) is 0 Å². The topological polar surface area (TPSA) is 108 Å². The summed E-state index contributed by atoms with van der Waals surface area (Å²) in [6.45, 7) is 0. The maximum Gasteiger partial charge on any atom is 0.237 e. The normalized spacial score (nSPS) is 63.1. The van der Waals surface area contributed by atoms with Gasteiger partial charge in [-0.15, -0.1) is 0 Å². The molecule has 0 aromatic rings. The van der Waals surface area contributed by atoms with E-state index in [0.29, 0.717) is 12.1 Å². The fraction of sp³-hybridized carbons (Fsp3) is 0.833. The summed E-state index contributed by atoms with van der Waals surface area (Å²) in [7, 11) is 0. The van der Waals surface area contributed by atoms with Gasteiger partial charge in [0.15, 0.2) is 0 Å². The minimum Gasteiger partial charge on any atom is -0.411 e. The number of nitro groups is 1. The average molecular weight is 263 g/mol. The molecular formula is C12H13N3O4. The summed E-state index contributed by atoms with van der Waals surface area (Å²) < 4.78 is 0. The molecule has 7 nitrogen and oxygen atoms in total. The lowest BCUT2D eigenvalue weighted by atomic mass is 9.54. The van der Waals surface area contributed by atoms with Gasteiger partial charge in [0.1, 0.15) is 0 Å². The van der Waals surface area contributed by atoms with Gasteiger partial charge >= 0.3 is 0 Å². The maximum atomic E-state index is 11.8. The molecule has 0 aromatic carbocycles. The van der Waals surface area contributed by atoms with E-state index in [2.05, 4.69) is 10.3 Å². The van der Waals surface area contributed by atoms with Crippen LogP contribution in [0, 0.1) is 51.5 Å². The van der Waals surface area contributed by atoms with E-state index in [0.717, 1.165) is 12.1 Å². The summed E-state index contributed by atoms with van der Waals surface area (Å²) in [6.07, 6.45) is 1.37. The van der Waals surface area contributed by atoms with Crippen LogP contribution in [-0.4, -0.2) is 32.3 Å². The first kappa shape index (κ1) is 10.2. The quantitative estimate of drug-likeness (QED) is 0.414. The predicted molar refractivity (Wildman–Crippen MR) is 61.8 cm³/mol. The van der Waals surface area contributed by atoms with Crippen molar-refractivity contribution in [2.45, 2.75) is 18.4 Å². The molecule has 19 heavy (non-hydrogen) atoms. The summed E-state index contributed by atoms with van der Waals surface area (Å²) in [4.78, 5) is 11.6. The molecule has 5 aliphatic carbocycles. The Morgan fingerprint density at radius 2 is 1.74 bits per heavy atom. The second-order valence-corrected chi connectivity index (χ2v) is 6.67. The van der Waals surface area contributed by atoms with E-state index < -0.39 is 5.54 Å². The lowest BCUT2D eigenvalue weighted by Crippen LogP contribution is -2.64. The summed E-state index contributed by atoms with van der Waals surface area (Å²) in [5.41, 5.74) is 0.504. The average Bonchev–Trinajstić information content (AvgIpc) is 2.89. The van der Waals surface area contributed by atoms with Crippen molar-refractivity contribution >= 4 is 11.4 Å². The van der Waals surface area contributed by atoms with Gasteiger partial charge < -0.3 is 10.4 Å². The SMILES string of the molecule is O=[N+]([O-])[C@@]12[C@@H]3[C@H]4[C@H]1[C@@H]1C[C@H]4C(=NO)[C@H]3C[C@@H]2/C1=N/O. The molecule has 0 amide bonds. The fourth-order valence-electron chi connectivity index (χ4n) is 6.74. The van der Waals surface area contributed by atoms with E-state index in [-0.39, 0.29) is 46.3 Å². The Kier molecular flexibility index (Phi) is 1.40. The summed E-state index contributed by atoms with van der Waals surface area (Å²) >= 11 is 0. The van der Waals surface area contributed by atoms with Crippen molar-refractivity contribution in [3.63, 3.8) is 0 Å². The van der Waals surface area contributed by atoms with Crippen LogP contribution in [0.15, 0.2) is 10.3 Å². The van der Waals surface area contributed by atoms with E-state index in [1.54, 1.807) is 0 Å². The Morgan fingerprint density at radius 1 is 1.11 bits per heavy atom. The Hall–Kier alpha value is -1.66. The second-order valence-electron chi connectivity index (χ2n) is 6.67. The van der Waals surface area contributed by atoms with Gasteiger partial charge in [-0.3, -0.25) is 10.1 Å². The molecule has 0 saturated heterocycles. The second kappa shape index (κ2) is 2.62. The highest BCUT2D eigenvalue weighted by molar-refractivity contribution is 6.02. The molecule has 100 valence electrons. The number of hydrogen-bond acceptors (Lipinski definition) is 6. The Labute approximate surface area is 108 Å². The van der Waals surface area contributed by atoms with Crippen LogP contribution < -0.4 is 0 Å². The van der Waals surface area contributed by atoms with E-state index in [1.807, 2.05) is 0 Å². The largest absolute Gasteiger partial charge is 0.411 e. The minimum absolute atomic E-state index is 0.00218. The molecule has 0 heterocycles. The number of hydrogen-bond donors (Lipinski definition) is 2. The van der Waals surface area contributed by atoms with Crippen LogP contribution in [0.1, 0.15) is 12.8 Å². The molecule has 0 aliphatic heterocycles. The van der Waals surface area contributed by atoms with E-state index in [4.69, 9.17) is 0 Å². The van der Waals surface area contributed by atoms with Gasteiger partial charge in [-0.2, -0.15) is 0 Å². The molecule has 5 fully saturated rings. The minimum atomic E-state index is -0.928. The number of oxime groups is 2. The Bertz CT molecular complexity index is 576. The monoisotopic (exact) mass is 263 g/mol. The highest BCUT2D eigenvalue weighted by Gasteiger charge is 2.92. The van der Waals surface area contributed by atoms with E-state index in [9.17, 15) is 20.5 Å². The first-order chi connectivity index (χ1) is 9.17. The third-order valence-corrected chi connectivity index (χ3v) is 6.83. The molecule has 0 aromatic heterocycles. The highest BCUT2D eigenvalue weighted by atomic mass is 16.6. The van der Waals surface area contributed by atoms with Crippen LogP contribution in [0.2, 0.25) is 0 Å². The van der Waals surface area contributed by atoms with Crippen molar-refractivity contribution < 1.29 is 15.3 Å². The Morgan fingerprint density at radius 3 is 2.32 bits per heavy atom. The van der Waals surface area contributed by atoms with E-state index >= 15 is 0 Å². The zero-order valence-electron chi connectivity index (χ0n) is 10.0. The molecule has 8 atom stereocenters. The maximum absolute atomic E-state index is 11.8.